The molecule has 0 radical (unpaired) electrons. The predicted octanol–water partition coefficient (Wildman–Crippen LogP) is 1.20. The maximum Gasteiger partial charge on any atom is 0.416 e. The lowest BCUT2D eigenvalue weighted by atomic mass is 9.98. The number of alkyl halides is 3. The van der Waals surface area contributed by atoms with Gasteiger partial charge in [-0.15, -0.1) is 0 Å². The number of halogens is 3. The van der Waals surface area contributed by atoms with Crippen molar-refractivity contribution in [2.45, 2.75) is 51.5 Å². The van der Waals surface area contributed by atoms with Crippen molar-refractivity contribution in [2.75, 3.05) is 14.2 Å². The maximum absolute atomic E-state index is 13.5. The number of aliphatic hydroxyl groups excluding tert-OH is 1. The zero-order valence-corrected chi connectivity index (χ0v) is 21.6. The molecule has 0 spiro atoms. The van der Waals surface area contributed by atoms with Crippen molar-refractivity contribution in [3.63, 3.8) is 0 Å². The minimum Gasteiger partial charge on any atom is -0.382 e. The lowest BCUT2D eigenvalue weighted by Gasteiger charge is -2.29. The molecule has 1 amide bonds. The molecule has 0 aliphatic carbocycles. The summed E-state index contributed by atoms with van der Waals surface area (Å²) in [5, 5.41) is 11.7. The lowest BCUT2D eigenvalue weighted by molar-refractivity contribution is -0.215. The summed E-state index contributed by atoms with van der Waals surface area (Å²) in [7, 11) is 2.65. The van der Waals surface area contributed by atoms with E-state index in [2.05, 4.69) is 10.3 Å². The molecule has 1 aromatic carbocycles. The summed E-state index contributed by atoms with van der Waals surface area (Å²) in [6, 6.07) is 7.84. The van der Waals surface area contributed by atoms with Crippen LogP contribution in [0.25, 0.3) is 22.2 Å². The molecule has 0 bridgehead atoms. The number of hydrogen-bond donors (Lipinski definition) is 3. The normalized spacial score (nSPS) is 13.7. The van der Waals surface area contributed by atoms with Gasteiger partial charge in [0.1, 0.15) is 12.1 Å². The first-order valence-corrected chi connectivity index (χ1v) is 11.9. The van der Waals surface area contributed by atoms with Crippen molar-refractivity contribution in [3.05, 3.63) is 67.6 Å². The summed E-state index contributed by atoms with van der Waals surface area (Å²) in [5.74, 6) is -1.79. The number of aromatic amines is 1. The summed E-state index contributed by atoms with van der Waals surface area (Å²) < 4.78 is 51.3. The van der Waals surface area contributed by atoms with Crippen LogP contribution >= 0.6 is 0 Å². The average molecular weight is 555 g/mol. The van der Waals surface area contributed by atoms with Crippen LogP contribution in [0.1, 0.15) is 13.8 Å². The van der Waals surface area contributed by atoms with Crippen LogP contribution in [0.3, 0.4) is 0 Å². The summed E-state index contributed by atoms with van der Waals surface area (Å²) in [5.41, 5.74) is -2.53. The molecule has 2 unspecified atom stereocenters. The molecule has 39 heavy (non-hydrogen) atoms. The van der Waals surface area contributed by atoms with Gasteiger partial charge in [-0.25, -0.2) is 4.79 Å². The van der Waals surface area contributed by atoms with Crippen LogP contribution in [0.15, 0.2) is 50.8 Å². The van der Waals surface area contributed by atoms with Gasteiger partial charge in [-0.3, -0.25) is 23.5 Å². The quantitative estimate of drug-likeness (QED) is 0.320. The fraction of sp³-hybridized carbons (Fsp3) is 0.440. The number of carbonyl (C=O) groups excluding carboxylic acids is 1. The van der Waals surface area contributed by atoms with E-state index >= 15 is 0 Å². The third-order valence-corrected chi connectivity index (χ3v) is 6.20. The van der Waals surface area contributed by atoms with Gasteiger partial charge in [0.25, 0.3) is 11.1 Å². The maximum atomic E-state index is 13.5. The molecule has 2 atom stereocenters. The number of methoxy groups -OCH3 is 2. The number of nitrogens with zero attached hydrogens (tertiary/aromatic N) is 2. The number of hydrogen-bond acceptors (Lipinski definition) is 7. The van der Waals surface area contributed by atoms with Crippen molar-refractivity contribution in [1.82, 2.24) is 19.4 Å². The van der Waals surface area contributed by atoms with Crippen molar-refractivity contribution in [1.29, 1.82) is 0 Å². The third-order valence-electron chi connectivity index (χ3n) is 6.20. The van der Waals surface area contributed by atoms with Crippen molar-refractivity contribution in [3.8, 4) is 11.3 Å². The largest absolute Gasteiger partial charge is 0.416 e. The number of aromatic nitrogens is 3. The molecule has 212 valence electrons. The lowest BCUT2D eigenvalue weighted by Crippen LogP contribution is -2.53. The Hall–Kier alpha value is -3.75. The topological polar surface area (TPSA) is 145 Å². The summed E-state index contributed by atoms with van der Waals surface area (Å²) in [6.45, 7) is 1.75. The van der Waals surface area contributed by atoms with Crippen molar-refractivity contribution in [2.24, 2.45) is 5.92 Å². The Morgan fingerprint density at radius 1 is 1.05 bits per heavy atom. The average Bonchev–Trinajstić information content (AvgIpc) is 2.88. The van der Waals surface area contributed by atoms with Gasteiger partial charge in [0.2, 0.25) is 5.91 Å². The Morgan fingerprint density at radius 3 is 2.21 bits per heavy atom. The number of ether oxygens (including phenoxy) is 2. The number of nitrogens with one attached hydrogen (secondary N) is 2. The molecule has 2 heterocycles. The molecule has 0 aliphatic rings. The van der Waals surface area contributed by atoms with Crippen molar-refractivity contribution < 1.29 is 32.5 Å². The van der Waals surface area contributed by atoms with Gasteiger partial charge in [0.05, 0.1) is 23.7 Å². The van der Waals surface area contributed by atoms with Gasteiger partial charge in [-0.2, -0.15) is 13.2 Å². The van der Waals surface area contributed by atoms with Crippen LogP contribution in [0.4, 0.5) is 13.2 Å². The van der Waals surface area contributed by atoms with E-state index in [1.165, 1.54) is 34.1 Å². The SMILES string of the molecule is COC(Cn1c(=O)[nH]c2c(=O)n(CC(=O)NC(C(C)C)C(O)C(F)(F)F)c(-c3ccccc3)cc2c1=O)OC. The second-order valence-electron chi connectivity index (χ2n) is 9.15. The van der Waals surface area contributed by atoms with Crippen LogP contribution in [-0.2, 0) is 27.4 Å². The fourth-order valence-electron chi connectivity index (χ4n) is 4.10. The molecule has 3 aromatic rings. The number of amides is 1. The molecular formula is C25H29F3N4O7. The molecule has 0 fully saturated rings. The zero-order chi connectivity index (χ0) is 29.1. The van der Waals surface area contributed by atoms with Gasteiger partial charge in [-0.05, 0) is 17.5 Å². The highest BCUT2D eigenvalue weighted by atomic mass is 19.4. The van der Waals surface area contributed by atoms with E-state index in [4.69, 9.17) is 9.47 Å². The predicted molar refractivity (Wildman–Crippen MR) is 135 cm³/mol. The first kappa shape index (κ1) is 29.8. The molecule has 2 aromatic heterocycles. The van der Waals surface area contributed by atoms with E-state index in [9.17, 15) is 37.5 Å². The standard InChI is InChI=1S/C25H29F3N4O7/c1-13(2)19(21(34)25(26,27)28)29-17(33)11-31-16(14-8-6-5-7-9-14)10-15-20(23(31)36)30-24(37)32(22(15)35)12-18(38-3)39-4/h5-10,13,18-19,21,34H,11-12H2,1-4H3,(H,29,33)(H,30,37). The van der Waals surface area contributed by atoms with Gasteiger partial charge < -0.3 is 24.9 Å². The number of fused-ring (bicyclic) bond motifs is 1. The molecule has 0 aliphatic heterocycles. The molecule has 3 rings (SSSR count). The monoisotopic (exact) mass is 554 g/mol. The first-order valence-electron chi connectivity index (χ1n) is 11.9. The molecule has 11 nitrogen and oxygen atoms in total. The molecule has 14 heteroatoms. The van der Waals surface area contributed by atoms with E-state index in [1.54, 1.807) is 30.3 Å². The highest BCUT2D eigenvalue weighted by molar-refractivity contribution is 5.83. The second-order valence-corrected chi connectivity index (χ2v) is 9.15. The molecule has 3 N–H and O–H groups in total. The number of benzene rings is 1. The molecule has 0 saturated heterocycles. The Kier molecular flexibility index (Phi) is 9.14. The van der Waals surface area contributed by atoms with Crippen LogP contribution in [0, 0.1) is 5.92 Å². The Morgan fingerprint density at radius 2 is 1.67 bits per heavy atom. The highest BCUT2D eigenvalue weighted by Crippen LogP contribution is 2.26. The van der Waals surface area contributed by atoms with E-state index in [1.807, 2.05) is 0 Å². The zero-order valence-electron chi connectivity index (χ0n) is 21.6. The van der Waals surface area contributed by atoms with Crippen molar-refractivity contribution >= 4 is 16.8 Å². The summed E-state index contributed by atoms with van der Waals surface area (Å²) in [4.78, 5) is 54.7. The van der Waals surface area contributed by atoms with Gasteiger partial charge in [-0.1, -0.05) is 44.2 Å². The third kappa shape index (κ3) is 6.46. The van der Waals surface area contributed by atoms with E-state index in [-0.39, 0.29) is 17.6 Å². The minimum absolute atomic E-state index is 0.103. The van der Waals surface area contributed by atoms with Crippen LogP contribution in [-0.4, -0.2) is 64.0 Å². The Balaban J connectivity index is 2.17. The number of pyridine rings is 1. The van der Waals surface area contributed by atoms with Crippen LogP contribution in [0.5, 0.6) is 0 Å². The molecule has 0 saturated carbocycles. The van der Waals surface area contributed by atoms with Crippen LogP contribution in [0.2, 0.25) is 0 Å². The minimum atomic E-state index is -4.98. The van der Waals surface area contributed by atoms with Gasteiger partial charge in [0, 0.05) is 14.2 Å². The Bertz CT molecular complexity index is 1490. The number of rotatable bonds is 10. The fourth-order valence-corrected chi connectivity index (χ4v) is 4.10. The van der Waals surface area contributed by atoms with Gasteiger partial charge >= 0.3 is 11.9 Å². The van der Waals surface area contributed by atoms with Gasteiger partial charge in [0.15, 0.2) is 12.4 Å². The number of aliphatic hydroxyl groups is 1. The van der Waals surface area contributed by atoms with E-state index in [0.717, 1.165) is 9.13 Å². The molecular weight excluding hydrogens is 525 g/mol. The summed E-state index contributed by atoms with van der Waals surface area (Å²) >= 11 is 0. The second kappa shape index (κ2) is 12.0. The number of carbonyl (C=O) groups is 1. The Labute approximate surface area is 219 Å². The van der Waals surface area contributed by atoms with E-state index < -0.39 is 65.3 Å². The number of H-pyrrole nitrogens is 1. The smallest absolute Gasteiger partial charge is 0.382 e. The summed E-state index contributed by atoms with van der Waals surface area (Å²) in [6.07, 6.45) is -8.75. The first-order chi connectivity index (χ1) is 18.3. The van der Waals surface area contributed by atoms with E-state index in [0.29, 0.717) is 5.56 Å². The highest BCUT2D eigenvalue weighted by Gasteiger charge is 2.45. The van der Waals surface area contributed by atoms with Crippen LogP contribution < -0.4 is 22.1 Å².